The van der Waals surface area contributed by atoms with Crippen LogP contribution in [-0.4, -0.2) is 0 Å². The standard InChI is InChI=1S/C23H42/c1-5-7-9-21-12-16-23(17-13-21)19(4)18(3)22-14-10-20(8-6-2)11-15-22/h20-23H,5-17H2,1-4H3. The molecule has 0 spiro atoms. The van der Waals surface area contributed by atoms with Crippen molar-refractivity contribution >= 4 is 0 Å². The van der Waals surface area contributed by atoms with Crippen molar-refractivity contribution in [1.82, 2.24) is 0 Å². The summed E-state index contributed by atoms with van der Waals surface area (Å²) in [6.07, 6.45) is 19.0. The summed E-state index contributed by atoms with van der Waals surface area (Å²) in [7, 11) is 0. The maximum absolute atomic E-state index is 2.48. The van der Waals surface area contributed by atoms with Crippen LogP contribution in [-0.2, 0) is 0 Å². The van der Waals surface area contributed by atoms with E-state index in [4.69, 9.17) is 0 Å². The van der Waals surface area contributed by atoms with Crippen LogP contribution in [0.4, 0.5) is 0 Å². The fourth-order valence-corrected chi connectivity index (χ4v) is 5.31. The third-order valence-electron chi connectivity index (χ3n) is 7.20. The van der Waals surface area contributed by atoms with Crippen molar-refractivity contribution in [2.24, 2.45) is 23.7 Å². The van der Waals surface area contributed by atoms with Crippen LogP contribution >= 0.6 is 0 Å². The molecule has 0 aromatic heterocycles. The lowest BCUT2D eigenvalue weighted by molar-refractivity contribution is 0.269. The van der Waals surface area contributed by atoms with Gasteiger partial charge in [-0.15, -0.1) is 0 Å². The summed E-state index contributed by atoms with van der Waals surface area (Å²) >= 11 is 0. The molecule has 2 aliphatic rings. The molecule has 2 aliphatic carbocycles. The predicted octanol–water partition coefficient (Wildman–Crippen LogP) is 7.93. The molecule has 2 saturated carbocycles. The van der Waals surface area contributed by atoms with Gasteiger partial charge in [-0.3, -0.25) is 0 Å². The van der Waals surface area contributed by atoms with E-state index in [1.165, 1.54) is 83.5 Å². The van der Waals surface area contributed by atoms with E-state index >= 15 is 0 Å². The second kappa shape index (κ2) is 9.90. The molecule has 0 heterocycles. The van der Waals surface area contributed by atoms with E-state index in [-0.39, 0.29) is 0 Å². The van der Waals surface area contributed by atoms with Gasteiger partial charge in [0.2, 0.25) is 0 Å². The quantitative estimate of drug-likeness (QED) is 0.418. The Kier molecular flexibility index (Phi) is 8.21. The summed E-state index contributed by atoms with van der Waals surface area (Å²) in [5.41, 5.74) is 3.58. The number of unbranched alkanes of at least 4 members (excludes halogenated alkanes) is 1. The van der Waals surface area contributed by atoms with Gasteiger partial charge in [-0.2, -0.15) is 0 Å². The van der Waals surface area contributed by atoms with Gasteiger partial charge in [0, 0.05) is 0 Å². The number of allylic oxidation sites excluding steroid dienone is 2. The average molecular weight is 319 g/mol. The molecular formula is C23H42. The monoisotopic (exact) mass is 318 g/mol. The lowest BCUT2D eigenvalue weighted by Crippen LogP contribution is -2.20. The summed E-state index contributed by atoms with van der Waals surface area (Å²) in [4.78, 5) is 0. The highest BCUT2D eigenvalue weighted by atomic mass is 14.3. The zero-order valence-electron chi connectivity index (χ0n) is 16.5. The van der Waals surface area contributed by atoms with Crippen LogP contribution in [0.2, 0.25) is 0 Å². The minimum absolute atomic E-state index is 0.918. The molecule has 0 amide bonds. The van der Waals surface area contributed by atoms with Gasteiger partial charge >= 0.3 is 0 Å². The molecule has 0 aromatic carbocycles. The van der Waals surface area contributed by atoms with Gasteiger partial charge in [0.15, 0.2) is 0 Å². The van der Waals surface area contributed by atoms with Crippen molar-refractivity contribution in [3.8, 4) is 0 Å². The molecule has 0 N–H and O–H groups in total. The van der Waals surface area contributed by atoms with Crippen LogP contribution < -0.4 is 0 Å². The molecule has 0 unspecified atom stereocenters. The van der Waals surface area contributed by atoms with E-state index in [9.17, 15) is 0 Å². The Hall–Kier alpha value is -0.260. The van der Waals surface area contributed by atoms with E-state index in [1.807, 2.05) is 0 Å². The Labute approximate surface area is 146 Å². The van der Waals surface area contributed by atoms with Gasteiger partial charge < -0.3 is 0 Å². The van der Waals surface area contributed by atoms with Crippen LogP contribution in [0.3, 0.4) is 0 Å². The van der Waals surface area contributed by atoms with E-state index in [0.717, 1.165) is 23.7 Å². The highest BCUT2D eigenvalue weighted by Crippen LogP contribution is 2.41. The van der Waals surface area contributed by atoms with Crippen molar-refractivity contribution in [2.45, 2.75) is 111 Å². The van der Waals surface area contributed by atoms with Gasteiger partial charge in [0.25, 0.3) is 0 Å². The van der Waals surface area contributed by atoms with Gasteiger partial charge in [0.1, 0.15) is 0 Å². The van der Waals surface area contributed by atoms with Crippen molar-refractivity contribution in [3.63, 3.8) is 0 Å². The Morgan fingerprint density at radius 2 is 1.04 bits per heavy atom. The molecule has 0 atom stereocenters. The summed E-state index contributed by atoms with van der Waals surface area (Å²) in [6, 6.07) is 0. The molecule has 134 valence electrons. The molecule has 2 fully saturated rings. The molecule has 0 heteroatoms. The number of hydrogen-bond acceptors (Lipinski definition) is 0. The molecule has 0 nitrogen and oxygen atoms in total. The minimum atomic E-state index is 0.918. The third-order valence-corrected chi connectivity index (χ3v) is 7.20. The second-order valence-electron chi connectivity index (χ2n) is 8.73. The highest BCUT2D eigenvalue weighted by Gasteiger charge is 2.26. The predicted molar refractivity (Wildman–Crippen MR) is 104 cm³/mol. The van der Waals surface area contributed by atoms with Crippen molar-refractivity contribution < 1.29 is 0 Å². The van der Waals surface area contributed by atoms with E-state index < -0.39 is 0 Å². The summed E-state index contributed by atoms with van der Waals surface area (Å²) in [5.74, 6) is 3.92. The maximum Gasteiger partial charge on any atom is -0.0203 e. The maximum atomic E-state index is 2.48. The smallest absolute Gasteiger partial charge is 0.0203 e. The molecule has 0 bridgehead atoms. The molecule has 2 rings (SSSR count). The Morgan fingerprint density at radius 3 is 1.43 bits per heavy atom. The Bertz CT molecular complexity index is 348. The summed E-state index contributed by atoms with van der Waals surface area (Å²) in [5, 5.41) is 0. The first kappa shape index (κ1) is 19.1. The Morgan fingerprint density at radius 1 is 0.609 bits per heavy atom. The van der Waals surface area contributed by atoms with E-state index in [2.05, 4.69) is 27.7 Å². The van der Waals surface area contributed by atoms with Crippen LogP contribution in [0, 0.1) is 23.7 Å². The van der Waals surface area contributed by atoms with Crippen molar-refractivity contribution in [3.05, 3.63) is 11.1 Å². The van der Waals surface area contributed by atoms with E-state index in [1.54, 1.807) is 11.1 Å². The lowest BCUT2D eigenvalue weighted by Gasteiger charge is -2.34. The van der Waals surface area contributed by atoms with Crippen LogP contribution in [0.5, 0.6) is 0 Å². The van der Waals surface area contributed by atoms with Crippen LogP contribution in [0.1, 0.15) is 111 Å². The van der Waals surface area contributed by atoms with Crippen molar-refractivity contribution in [1.29, 1.82) is 0 Å². The van der Waals surface area contributed by atoms with Gasteiger partial charge in [0.05, 0.1) is 0 Å². The van der Waals surface area contributed by atoms with E-state index in [0.29, 0.717) is 0 Å². The average Bonchev–Trinajstić information content (AvgIpc) is 2.60. The normalized spacial score (nSPS) is 33.4. The lowest BCUT2D eigenvalue weighted by atomic mass is 9.72. The highest BCUT2D eigenvalue weighted by molar-refractivity contribution is 5.17. The topological polar surface area (TPSA) is 0 Å². The first-order valence-electron chi connectivity index (χ1n) is 10.8. The fraction of sp³-hybridized carbons (Fsp3) is 0.913. The molecule has 0 aliphatic heterocycles. The van der Waals surface area contributed by atoms with Crippen molar-refractivity contribution in [2.75, 3.05) is 0 Å². The SMILES string of the molecule is CCCCC1CCC(C(C)=C(C)C2CCC(CCC)CC2)CC1. The molecular weight excluding hydrogens is 276 g/mol. The zero-order valence-corrected chi connectivity index (χ0v) is 16.5. The van der Waals surface area contributed by atoms with Gasteiger partial charge in [-0.1, -0.05) is 57.1 Å². The fourth-order valence-electron chi connectivity index (χ4n) is 5.31. The minimum Gasteiger partial charge on any atom is -0.0710 e. The van der Waals surface area contributed by atoms with Crippen LogP contribution in [0.15, 0.2) is 11.1 Å². The summed E-state index contributed by atoms with van der Waals surface area (Å²) < 4.78 is 0. The van der Waals surface area contributed by atoms with Gasteiger partial charge in [-0.25, -0.2) is 0 Å². The molecule has 0 aromatic rings. The first-order valence-corrected chi connectivity index (χ1v) is 10.8. The largest absolute Gasteiger partial charge is 0.0710 e. The number of hydrogen-bond donors (Lipinski definition) is 0. The summed E-state index contributed by atoms with van der Waals surface area (Å²) in [6.45, 7) is 9.63. The molecule has 0 radical (unpaired) electrons. The molecule has 23 heavy (non-hydrogen) atoms. The third kappa shape index (κ3) is 5.64. The zero-order chi connectivity index (χ0) is 16.7. The van der Waals surface area contributed by atoms with Gasteiger partial charge in [-0.05, 0) is 88.9 Å². The Balaban J connectivity index is 1.82. The van der Waals surface area contributed by atoms with Crippen LogP contribution in [0.25, 0.3) is 0 Å². The second-order valence-corrected chi connectivity index (χ2v) is 8.73. The molecule has 0 saturated heterocycles. The number of rotatable bonds is 7. The first-order chi connectivity index (χ1) is 11.2.